The van der Waals surface area contributed by atoms with Crippen molar-refractivity contribution in [3.8, 4) is 0 Å². The van der Waals surface area contributed by atoms with Crippen LogP contribution in [0.2, 0.25) is 5.02 Å². The van der Waals surface area contributed by atoms with Crippen molar-refractivity contribution in [3.63, 3.8) is 0 Å². The number of nitrogens with one attached hydrogen (secondary N) is 1. The maximum Gasteiger partial charge on any atom is 0.407 e. The van der Waals surface area contributed by atoms with E-state index in [0.29, 0.717) is 10.6 Å². The van der Waals surface area contributed by atoms with E-state index < -0.39 is 11.9 Å². The Bertz CT molecular complexity index is 366. The molecule has 1 saturated heterocycles. The Hall–Kier alpha value is -1.00. The molecule has 0 aliphatic carbocycles. The third-order valence-electron chi connectivity index (χ3n) is 1.96. The Morgan fingerprint density at radius 3 is 2.73 bits per heavy atom. The van der Waals surface area contributed by atoms with Crippen molar-refractivity contribution < 1.29 is 13.9 Å². The van der Waals surface area contributed by atoms with Crippen molar-refractivity contribution in [3.05, 3.63) is 34.6 Å². The summed E-state index contributed by atoms with van der Waals surface area (Å²) in [6.07, 6.45) is -0.490. The molecular formula is C9H8Cl2FNO2. The number of cyclic esters (lactones) is 1. The summed E-state index contributed by atoms with van der Waals surface area (Å²) in [5, 5.41) is 2.84. The van der Waals surface area contributed by atoms with Crippen LogP contribution in [0.25, 0.3) is 0 Å². The lowest BCUT2D eigenvalue weighted by Gasteiger charge is -2.07. The number of carbonyl (C=O) groups excluding carboxylic acids is 1. The molecule has 0 spiro atoms. The third-order valence-corrected chi connectivity index (χ3v) is 2.18. The molecule has 1 aromatic rings. The van der Waals surface area contributed by atoms with Gasteiger partial charge in [-0.1, -0.05) is 11.6 Å². The van der Waals surface area contributed by atoms with Crippen LogP contribution in [-0.2, 0) is 4.74 Å². The van der Waals surface area contributed by atoms with Crippen LogP contribution < -0.4 is 5.32 Å². The van der Waals surface area contributed by atoms with Crippen molar-refractivity contribution in [1.29, 1.82) is 0 Å². The largest absolute Gasteiger partial charge is 0.447 e. The number of halogens is 3. The van der Waals surface area contributed by atoms with E-state index in [2.05, 4.69) is 10.1 Å². The number of alkyl carbamates (subject to hydrolysis) is 1. The molecule has 1 atom stereocenters. The highest BCUT2D eigenvalue weighted by atomic mass is 35.5. The molecule has 0 aromatic heterocycles. The van der Waals surface area contributed by atoms with Gasteiger partial charge in [-0.05, 0) is 23.8 Å². The summed E-state index contributed by atoms with van der Waals surface area (Å²) in [5.74, 6) is -0.423. The first-order chi connectivity index (χ1) is 6.65. The van der Waals surface area contributed by atoms with Gasteiger partial charge in [-0.3, -0.25) is 0 Å². The Kier molecular flexibility index (Phi) is 3.77. The molecular weight excluding hydrogens is 244 g/mol. The highest BCUT2D eigenvalue weighted by Gasteiger charge is 2.24. The van der Waals surface area contributed by atoms with Crippen molar-refractivity contribution in [2.24, 2.45) is 0 Å². The van der Waals surface area contributed by atoms with Gasteiger partial charge in [0.1, 0.15) is 12.4 Å². The van der Waals surface area contributed by atoms with Crippen LogP contribution in [0, 0.1) is 5.82 Å². The smallest absolute Gasteiger partial charge is 0.407 e. The van der Waals surface area contributed by atoms with E-state index in [1.54, 1.807) is 6.07 Å². The second-order valence-electron chi connectivity index (χ2n) is 3.00. The van der Waals surface area contributed by atoms with E-state index >= 15 is 0 Å². The van der Waals surface area contributed by atoms with Gasteiger partial charge in [0.2, 0.25) is 0 Å². The minimum absolute atomic E-state index is 0. The van der Waals surface area contributed by atoms with E-state index in [0.717, 1.165) is 0 Å². The molecule has 1 amide bonds. The first kappa shape index (κ1) is 12.1. The van der Waals surface area contributed by atoms with Crippen LogP contribution in [0.3, 0.4) is 0 Å². The highest BCUT2D eigenvalue weighted by molar-refractivity contribution is 6.30. The number of rotatable bonds is 1. The molecule has 3 nitrogen and oxygen atoms in total. The predicted octanol–water partition coefficient (Wildman–Crippen LogP) is 2.68. The maximum atomic E-state index is 12.9. The zero-order valence-electron chi connectivity index (χ0n) is 7.50. The number of carbonyl (C=O) groups is 1. The van der Waals surface area contributed by atoms with Crippen molar-refractivity contribution in [2.45, 2.75) is 6.04 Å². The summed E-state index contributed by atoms with van der Waals surface area (Å²) in [6, 6.07) is 3.83. The molecule has 0 saturated carbocycles. The van der Waals surface area contributed by atoms with Crippen LogP contribution in [0.1, 0.15) is 11.6 Å². The number of hydrogen-bond acceptors (Lipinski definition) is 2. The van der Waals surface area contributed by atoms with E-state index in [1.807, 2.05) is 0 Å². The first-order valence-electron chi connectivity index (χ1n) is 4.04. The summed E-state index contributed by atoms with van der Waals surface area (Å²) in [6.45, 7) is 0.207. The number of benzene rings is 1. The van der Waals surface area contributed by atoms with Crippen molar-refractivity contribution in [2.75, 3.05) is 6.61 Å². The van der Waals surface area contributed by atoms with Gasteiger partial charge < -0.3 is 10.1 Å². The van der Waals surface area contributed by atoms with Gasteiger partial charge in [0.15, 0.2) is 0 Å². The molecule has 1 aliphatic rings. The summed E-state index contributed by atoms with van der Waals surface area (Å²) >= 11 is 5.67. The molecule has 1 aliphatic heterocycles. The monoisotopic (exact) mass is 251 g/mol. The Morgan fingerprint density at radius 2 is 2.20 bits per heavy atom. The molecule has 82 valence electrons. The maximum absolute atomic E-state index is 12.9. The molecule has 0 bridgehead atoms. The average Bonchev–Trinajstić information content (AvgIpc) is 2.50. The summed E-state index contributed by atoms with van der Waals surface area (Å²) in [7, 11) is 0. The van der Waals surface area contributed by atoms with Gasteiger partial charge in [-0.25, -0.2) is 9.18 Å². The fourth-order valence-electron chi connectivity index (χ4n) is 1.34. The van der Waals surface area contributed by atoms with E-state index in [4.69, 9.17) is 11.6 Å². The minimum Gasteiger partial charge on any atom is -0.447 e. The second kappa shape index (κ2) is 4.68. The first-order valence-corrected chi connectivity index (χ1v) is 4.42. The molecule has 6 heteroatoms. The van der Waals surface area contributed by atoms with Gasteiger partial charge in [0.25, 0.3) is 0 Å². The quantitative estimate of drug-likeness (QED) is 0.834. The third kappa shape index (κ3) is 2.73. The fraction of sp³-hybridized carbons (Fsp3) is 0.222. The van der Waals surface area contributed by atoms with Gasteiger partial charge in [-0.2, -0.15) is 0 Å². The number of amides is 1. The molecule has 1 fully saturated rings. The highest BCUT2D eigenvalue weighted by Crippen LogP contribution is 2.22. The van der Waals surface area contributed by atoms with Crippen LogP contribution in [0.4, 0.5) is 9.18 Å². The predicted molar refractivity (Wildman–Crippen MR) is 55.9 cm³/mol. The Balaban J connectivity index is 0.00000112. The standard InChI is InChI=1S/C9H7ClFNO2.ClH/c10-6-1-5(2-7(11)3-6)8-4-14-9(13)12-8;/h1-3,8H,4H2,(H,12,13);1H/t8-;/m0./s1. The van der Waals surface area contributed by atoms with Crippen molar-refractivity contribution in [1.82, 2.24) is 5.32 Å². The molecule has 15 heavy (non-hydrogen) atoms. The lowest BCUT2D eigenvalue weighted by Crippen LogP contribution is -2.18. The SMILES string of the molecule is Cl.O=C1N[C@H](c2cc(F)cc(Cl)c2)CO1. The van der Waals surface area contributed by atoms with Crippen LogP contribution in [-0.4, -0.2) is 12.7 Å². The average molecular weight is 252 g/mol. The number of ether oxygens (including phenoxy) is 1. The Morgan fingerprint density at radius 1 is 1.47 bits per heavy atom. The minimum atomic E-state index is -0.490. The molecule has 0 unspecified atom stereocenters. The summed E-state index contributed by atoms with van der Waals surface area (Å²) in [4.78, 5) is 10.7. The zero-order chi connectivity index (χ0) is 10.1. The van der Waals surface area contributed by atoms with Crippen LogP contribution >= 0.6 is 24.0 Å². The van der Waals surface area contributed by atoms with Gasteiger partial charge in [-0.15, -0.1) is 12.4 Å². The van der Waals surface area contributed by atoms with Crippen molar-refractivity contribution >= 4 is 30.1 Å². The van der Waals surface area contributed by atoms with Gasteiger partial charge >= 0.3 is 6.09 Å². The second-order valence-corrected chi connectivity index (χ2v) is 3.43. The zero-order valence-corrected chi connectivity index (χ0v) is 9.07. The fourth-order valence-corrected chi connectivity index (χ4v) is 1.57. The van der Waals surface area contributed by atoms with Gasteiger partial charge in [0.05, 0.1) is 6.04 Å². The lowest BCUT2D eigenvalue weighted by molar-refractivity contribution is 0.177. The summed E-state index contributed by atoms with van der Waals surface area (Å²) < 4.78 is 17.6. The topological polar surface area (TPSA) is 38.3 Å². The summed E-state index contributed by atoms with van der Waals surface area (Å²) in [5.41, 5.74) is 0.612. The molecule has 2 rings (SSSR count). The molecule has 1 heterocycles. The molecule has 0 radical (unpaired) electrons. The number of hydrogen-bond donors (Lipinski definition) is 1. The van der Waals surface area contributed by atoms with Crippen LogP contribution in [0.5, 0.6) is 0 Å². The normalized spacial score (nSPS) is 19.1. The molecule has 1 N–H and O–H groups in total. The van der Waals surface area contributed by atoms with E-state index in [-0.39, 0.29) is 25.1 Å². The Labute approximate surface area is 97.0 Å². The lowest BCUT2D eigenvalue weighted by atomic mass is 10.1. The van der Waals surface area contributed by atoms with Gasteiger partial charge in [0, 0.05) is 5.02 Å². The van der Waals surface area contributed by atoms with Crippen LogP contribution in [0.15, 0.2) is 18.2 Å². The van der Waals surface area contributed by atoms with E-state index in [9.17, 15) is 9.18 Å². The molecule has 1 aromatic carbocycles. The van der Waals surface area contributed by atoms with E-state index in [1.165, 1.54) is 12.1 Å².